The zero-order valence-corrected chi connectivity index (χ0v) is 21.1. The number of carbonyl (C=O) groups excluding carboxylic acids is 2. The van der Waals surface area contributed by atoms with Crippen LogP contribution >= 0.6 is 0 Å². The molecule has 11 heteroatoms. The highest BCUT2D eigenvalue weighted by molar-refractivity contribution is 6.12. The SMILES string of the molecule is CNc1cc(C(=O)Nc2cccc(C)c2C)c2nc(COC)[nH]c2c1.O=Cc1cc(F)ccc1C(F)(F)F. The number of aldehydes is 1. The maximum absolute atomic E-state index is 12.9. The average Bonchev–Trinajstić information content (AvgIpc) is 3.28. The van der Waals surface area contributed by atoms with Crippen molar-refractivity contribution in [1.29, 1.82) is 0 Å². The molecule has 3 aromatic carbocycles. The molecule has 0 spiro atoms. The number of alkyl halides is 3. The number of H-pyrrole nitrogens is 1. The first kappa shape index (κ1) is 28.3. The van der Waals surface area contributed by atoms with Crippen molar-refractivity contribution in [2.75, 3.05) is 24.8 Å². The Balaban J connectivity index is 0.000000260. The number of nitrogens with one attached hydrogen (secondary N) is 3. The highest BCUT2D eigenvalue weighted by atomic mass is 19.4. The first-order valence-corrected chi connectivity index (χ1v) is 11.4. The van der Waals surface area contributed by atoms with Gasteiger partial charge in [0, 0.05) is 31.1 Å². The summed E-state index contributed by atoms with van der Waals surface area (Å²) < 4.78 is 53.8. The van der Waals surface area contributed by atoms with Gasteiger partial charge >= 0.3 is 6.18 Å². The monoisotopic (exact) mass is 530 g/mol. The third-order valence-corrected chi connectivity index (χ3v) is 5.75. The first-order valence-electron chi connectivity index (χ1n) is 11.4. The largest absolute Gasteiger partial charge is 0.417 e. The molecular formula is C27H26F4N4O3. The first-order chi connectivity index (χ1) is 18.0. The van der Waals surface area contributed by atoms with Crippen molar-refractivity contribution >= 4 is 34.6 Å². The lowest BCUT2D eigenvalue weighted by atomic mass is 10.1. The second-order valence-corrected chi connectivity index (χ2v) is 8.34. The Labute approximate surface area is 216 Å². The molecule has 0 fully saturated rings. The van der Waals surface area contributed by atoms with Crippen molar-refractivity contribution in [3.63, 3.8) is 0 Å². The molecule has 200 valence electrons. The number of aryl methyl sites for hydroxylation is 1. The number of aromatic amines is 1. The number of ether oxygens (including phenoxy) is 1. The summed E-state index contributed by atoms with van der Waals surface area (Å²) >= 11 is 0. The maximum atomic E-state index is 12.9. The minimum Gasteiger partial charge on any atom is -0.388 e. The minimum absolute atomic E-state index is 0.0219. The molecule has 1 amide bonds. The molecule has 3 N–H and O–H groups in total. The lowest BCUT2D eigenvalue weighted by Gasteiger charge is -2.11. The second-order valence-electron chi connectivity index (χ2n) is 8.34. The van der Waals surface area contributed by atoms with Crippen molar-refractivity contribution < 1.29 is 31.9 Å². The number of amides is 1. The van der Waals surface area contributed by atoms with Crippen LogP contribution < -0.4 is 10.6 Å². The quantitative estimate of drug-likeness (QED) is 0.202. The summed E-state index contributed by atoms with van der Waals surface area (Å²) in [7, 11) is 3.43. The Kier molecular flexibility index (Phi) is 8.84. The number of nitrogens with zero attached hydrogens (tertiary/aromatic N) is 1. The van der Waals surface area contributed by atoms with Gasteiger partial charge in [-0.15, -0.1) is 0 Å². The predicted octanol–water partition coefficient (Wildman–Crippen LogP) is 6.28. The van der Waals surface area contributed by atoms with Gasteiger partial charge in [0.2, 0.25) is 0 Å². The zero-order chi connectivity index (χ0) is 28.0. The Morgan fingerprint density at radius 2 is 1.87 bits per heavy atom. The molecule has 7 nitrogen and oxygen atoms in total. The van der Waals surface area contributed by atoms with Crippen LogP contribution in [0.1, 0.15) is 43.2 Å². The summed E-state index contributed by atoms with van der Waals surface area (Å²) in [4.78, 5) is 30.8. The molecule has 0 atom stereocenters. The van der Waals surface area contributed by atoms with Gasteiger partial charge in [0.15, 0.2) is 6.29 Å². The van der Waals surface area contributed by atoms with Gasteiger partial charge in [0.25, 0.3) is 5.91 Å². The van der Waals surface area contributed by atoms with Gasteiger partial charge in [-0.1, -0.05) is 12.1 Å². The van der Waals surface area contributed by atoms with Gasteiger partial charge < -0.3 is 20.4 Å². The third-order valence-electron chi connectivity index (χ3n) is 5.75. The van der Waals surface area contributed by atoms with E-state index in [-0.39, 0.29) is 12.2 Å². The summed E-state index contributed by atoms with van der Waals surface area (Å²) in [5.41, 5.74) is 3.97. The number of carbonyl (C=O) groups is 2. The van der Waals surface area contributed by atoms with Crippen molar-refractivity contribution in [1.82, 2.24) is 9.97 Å². The number of halogens is 4. The summed E-state index contributed by atoms with van der Waals surface area (Å²) in [6.07, 6.45) is -4.64. The van der Waals surface area contributed by atoms with Crippen LogP contribution in [0, 0.1) is 19.7 Å². The molecule has 0 bridgehead atoms. The van der Waals surface area contributed by atoms with Crippen LogP contribution in [0.15, 0.2) is 48.5 Å². The molecule has 0 saturated carbocycles. The van der Waals surface area contributed by atoms with Crippen LogP contribution in [0.3, 0.4) is 0 Å². The number of fused-ring (bicyclic) bond motifs is 1. The molecule has 1 heterocycles. The summed E-state index contributed by atoms with van der Waals surface area (Å²) in [6, 6.07) is 11.3. The van der Waals surface area contributed by atoms with Crippen molar-refractivity contribution in [2.45, 2.75) is 26.6 Å². The Morgan fingerprint density at radius 3 is 2.50 bits per heavy atom. The third kappa shape index (κ3) is 6.54. The van der Waals surface area contributed by atoms with E-state index in [2.05, 4.69) is 20.6 Å². The van der Waals surface area contributed by atoms with E-state index in [0.29, 0.717) is 41.7 Å². The second kappa shape index (κ2) is 11.9. The molecule has 38 heavy (non-hydrogen) atoms. The van der Waals surface area contributed by atoms with E-state index >= 15 is 0 Å². The molecule has 4 aromatic rings. The highest BCUT2D eigenvalue weighted by Gasteiger charge is 2.33. The number of imidazole rings is 1. The number of rotatable bonds is 6. The lowest BCUT2D eigenvalue weighted by molar-refractivity contribution is -0.137. The van der Waals surface area contributed by atoms with Gasteiger partial charge in [0.1, 0.15) is 23.8 Å². The van der Waals surface area contributed by atoms with E-state index in [1.165, 1.54) is 0 Å². The predicted molar refractivity (Wildman–Crippen MR) is 137 cm³/mol. The Hall–Kier alpha value is -4.25. The van der Waals surface area contributed by atoms with Crippen LogP contribution in [-0.2, 0) is 17.5 Å². The summed E-state index contributed by atoms with van der Waals surface area (Å²) in [6.45, 7) is 4.38. The number of aromatic nitrogens is 2. The van der Waals surface area contributed by atoms with Crippen LogP contribution in [0.5, 0.6) is 0 Å². The van der Waals surface area contributed by atoms with E-state index < -0.39 is 23.1 Å². The van der Waals surface area contributed by atoms with Gasteiger partial charge in [-0.05, 0) is 61.4 Å². The number of hydrogen-bond donors (Lipinski definition) is 3. The fourth-order valence-electron chi connectivity index (χ4n) is 3.66. The summed E-state index contributed by atoms with van der Waals surface area (Å²) in [5.74, 6) is -0.368. The molecular weight excluding hydrogens is 504 g/mol. The zero-order valence-electron chi connectivity index (χ0n) is 21.1. The molecule has 0 aliphatic carbocycles. The lowest BCUT2D eigenvalue weighted by Crippen LogP contribution is -2.14. The van der Waals surface area contributed by atoms with Crippen molar-refractivity contribution in [3.05, 3.63) is 88.0 Å². The van der Waals surface area contributed by atoms with Crippen LogP contribution in [-0.4, -0.2) is 36.3 Å². The van der Waals surface area contributed by atoms with Crippen LogP contribution in [0.4, 0.5) is 28.9 Å². The molecule has 0 aliphatic heterocycles. The number of methoxy groups -OCH3 is 1. The van der Waals surface area contributed by atoms with Crippen molar-refractivity contribution in [2.24, 2.45) is 0 Å². The fourth-order valence-corrected chi connectivity index (χ4v) is 3.66. The smallest absolute Gasteiger partial charge is 0.388 e. The van der Waals surface area contributed by atoms with E-state index in [1.807, 2.05) is 45.2 Å². The standard InChI is InChI=1S/C19H22N4O2.C8H4F4O/c1-11-6-5-7-15(12(11)2)22-19(24)14-8-13(20-3)9-16-18(14)23-17(21-16)10-25-4;9-6-1-2-7(8(10,11)12)5(3-6)4-13/h5-9,20H,10H2,1-4H3,(H,21,23)(H,22,24);1-4H. The van der Waals surface area contributed by atoms with Crippen LogP contribution in [0.25, 0.3) is 11.0 Å². The summed E-state index contributed by atoms with van der Waals surface area (Å²) in [5, 5.41) is 6.08. The fraction of sp³-hybridized carbons (Fsp3) is 0.222. The molecule has 0 aliphatic rings. The highest BCUT2D eigenvalue weighted by Crippen LogP contribution is 2.31. The molecule has 1 aromatic heterocycles. The number of hydrogen-bond acceptors (Lipinski definition) is 5. The van der Waals surface area contributed by atoms with E-state index in [9.17, 15) is 27.2 Å². The molecule has 4 rings (SSSR count). The van der Waals surface area contributed by atoms with Gasteiger partial charge in [0.05, 0.1) is 16.6 Å². The normalized spacial score (nSPS) is 11.1. The van der Waals surface area contributed by atoms with Crippen LogP contribution in [0.2, 0.25) is 0 Å². The number of benzene rings is 3. The molecule has 0 saturated heterocycles. The van der Waals surface area contributed by atoms with Crippen molar-refractivity contribution in [3.8, 4) is 0 Å². The Bertz CT molecular complexity index is 1460. The van der Waals surface area contributed by atoms with Gasteiger partial charge in [-0.3, -0.25) is 9.59 Å². The maximum Gasteiger partial charge on any atom is 0.417 e. The van der Waals surface area contributed by atoms with E-state index in [0.717, 1.165) is 28.0 Å². The topological polar surface area (TPSA) is 96.1 Å². The molecule has 0 unspecified atom stereocenters. The minimum atomic E-state index is -4.62. The van der Waals surface area contributed by atoms with E-state index in [4.69, 9.17) is 4.74 Å². The average molecular weight is 531 g/mol. The number of anilines is 2. The van der Waals surface area contributed by atoms with Gasteiger partial charge in [-0.25, -0.2) is 9.37 Å². The van der Waals surface area contributed by atoms with Gasteiger partial charge in [-0.2, -0.15) is 13.2 Å². The molecule has 0 radical (unpaired) electrons. The van der Waals surface area contributed by atoms with E-state index in [1.54, 1.807) is 13.2 Å². The Morgan fingerprint density at radius 1 is 1.13 bits per heavy atom.